The van der Waals surface area contributed by atoms with Gasteiger partial charge in [0.15, 0.2) is 17.5 Å². The molecule has 10 heteroatoms. The fourth-order valence-electron chi connectivity index (χ4n) is 2.79. The van der Waals surface area contributed by atoms with Gasteiger partial charge in [-0.05, 0) is 25.1 Å². The lowest BCUT2D eigenvalue weighted by molar-refractivity contribution is 0.422. The molecular formula is C17H16ClN7OS. The summed E-state index contributed by atoms with van der Waals surface area (Å²) in [6.45, 7) is 2.68. The third-order valence-corrected chi connectivity index (χ3v) is 4.84. The highest BCUT2D eigenvalue weighted by Gasteiger charge is 2.25. The van der Waals surface area contributed by atoms with E-state index in [9.17, 15) is 0 Å². The van der Waals surface area contributed by atoms with E-state index < -0.39 is 5.25 Å². The maximum absolute atomic E-state index is 6.03. The van der Waals surface area contributed by atoms with Crippen molar-refractivity contribution in [1.82, 2.24) is 34.5 Å². The Balaban J connectivity index is 1.69. The second kappa shape index (κ2) is 7.16. The van der Waals surface area contributed by atoms with E-state index in [2.05, 4.69) is 38.0 Å². The minimum Gasteiger partial charge on any atom is -0.334 e. The number of thiol groups is 1. The van der Waals surface area contributed by atoms with Crippen LogP contribution in [-0.2, 0) is 13.6 Å². The molecule has 0 aliphatic rings. The third kappa shape index (κ3) is 3.24. The molecule has 1 unspecified atom stereocenters. The lowest BCUT2D eigenvalue weighted by Crippen LogP contribution is -2.09. The van der Waals surface area contributed by atoms with Gasteiger partial charge in [-0.1, -0.05) is 22.8 Å². The Morgan fingerprint density at radius 2 is 2.15 bits per heavy atom. The van der Waals surface area contributed by atoms with Gasteiger partial charge in [0.05, 0.1) is 12.5 Å². The van der Waals surface area contributed by atoms with Gasteiger partial charge in [0.25, 0.3) is 5.89 Å². The summed E-state index contributed by atoms with van der Waals surface area (Å²) < 4.78 is 9.23. The van der Waals surface area contributed by atoms with Crippen molar-refractivity contribution in [1.29, 1.82) is 0 Å². The SMILES string of the molecule is CCn1c(-c2cncn2C)nnc1C(S)c1noc(-c2cccc(Cl)c2)n1. The predicted molar refractivity (Wildman–Crippen MR) is 103 cm³/mol. The molecule has 0 amide bonds. The summed E-state index contributed by atoms with van der Waals surface area (Å²) in [5.74, 6) is 2.13. The second-order valence-corrected chi connectivity index (χ2v) is 6.84. The number of aromatic nitrogens is 7. The highest BCUT2D eigenvalue weighted by Crippen LogP contribution is 2.30. The Kier molecular flexibility index (Phi) is 4.71. The molecule has 0 aliphatic carbocycles. The summed E-state index contributed by atoms with van der Waals surface area (Å²) in [5, 5.41) is 12.8. The van der Waals surface area contributed by atoms with Crippen LogP contribution in [0.3, 0.4) is 0 Å². The van der Waals surface area contributed by atoms with Crippen LogP contribution in [0.4, 0.5) is 0 Å². The largest absolute Gasteiger partial charge is 0.334 e. The van der Waals surface area contributed by atoms with Crippen molar-refractivity contribution in [3.8, 4) is 23.0 Å². The van der Waals surface area contributed by atoms with E-state index in [1.165, 1.54) is 0 Å². The van der Waals surface area contributed by atoms with Gasteiger partial charge in [0.1, 0.15) is 10.9 Å². The summed E-state index contributed by atoms with van der Waals surface area (Å²) in [5.41, 5.74) is 1.61. The summed E-state index contributed by atoms with van der Waals surface area (Å²) >= 11 is 10.7. The van der Waals surface area contributed by atoms with Crippen LogP contribution in [-0.4, -0.2) is 34.5 Å². The molecule has 0 N–H and O–H groups in total. The molecule has 0 fully saturated rings. The average molecular weight is 402 g/mol. The zero-order valence-electron chi connectivity index (χ0n) is 14.6. The van der Waals surface area contributed by atoms with E-state index in [0.29, 0.717) is 34.9 Å². The minimum atomic E-state index is -0.490. The number of halogens is 1. The Bertz CT molecular complexity index is 1090. The van der Waals surface area contributed by atoms with Crippen molar-refractivity contribution in [2.24, 2.45) is 7.05 Å². The summed E-state index contributed by atoms with van der Waals surface area (Å²) in [7, 11) is 1.91. The first-order valence-corrected chi connectivity index (χ1v) is 9.15. The molecular weight excluding hydrogens is 386 g/mol. The van der Waals surface area contributed by atoms with Gasteiger partial charge < -0.3 is 13.7 Å². The number of benzene rings is 1. The van der Waals surface area contributed by atoms with E-state index in [1.807, 2.05) is 35.2 Å². The molecule has 0 saturated carbocycles. The van der Waals surface area contributed by atoms with E-state index in [4.69, 9.17) is 16.1 Å². The Hall–Kier alpha value is -2.65. The normalized spacial score (nSPS) is 12.4. The molecule has 3 heterocycles. The van der Waals surface area contributed by atoms with Gasteiger partial charge in [-0.15, -0.1) is 10.2 Å². The standard InChI is InChI=1S/C17H16ClN7OS/c1-3-25-15(12-8-19-9-24(12)2)21-22-16(25)13(27)14-20-17(26-23-14)10-5-4-6-11(18)7-10/h4-9,13,27H,3H2,1-2H3. The molecule has 1 aromatic carbocycles. The molecule has 138 valence electrons. The first-order valence-electron chi connectivity index (χ1n) is 8.26. The highest BCUT2D eigenvalue weighted by molar-refractivity contribution is 7.80. The molecule has 0 bridgehead atoms. The van der Waals surface area contributed by atoms with Crippen LogP contribution in [0.15, 0.2) is 41.3 Å². The predicted octanol–water partition coefficient (Wildman–Crippen LogP) is 3.42. The Labute approximate surface area is 165 Å². The number of nitrogens with zero attached hydrogens (tertiary/aromatic N) is 7. The fourth-order valence-corrected chi connectivity index (χ4v) is 3.28. The molecule has 8 nitrogen and oxygen atoms in total. The molecule has 0 radical (unpaired) electrons. The first-order chi connectivity index (χ1) is 13.1. The zero-order valence-corrected chi connectivity index (χ0v) is 16.3. The van der Waals surface area contributed by atoms with Crippen molar-refractivity contribution in [3.05, 3.63) is 53.5 Å². The quantitative estimate of drug-likeness (QED) is 0.515. The monoisotopic (exact) mass is 401 g/mol. The van der Waals surface area contributed by atoms with Gasteiger partial charge in [0, 0.05) is 24.2 Å². The van der Waals surface area contributed by atoms with Gasteiger partial charge in [0.2, 0.25) is 0 Å². The second-order valence-electron chi connectivity index (χ2n) is 5.89. The Morgan fingerprint density at radius 1 is 1.30 bits per heavy atom. The lowest BCUT2D eigenvalue weighted by atomic mass is 10.2. The summed E-state index contributed by atoms with van der Waals surface area (Å²) in [6, 6.07) is 7.23. The van der Waals surface area contributed by atoms with E-state index in [0.717, 1.165) is 11.3 Å². The number of imidazole rings is 1. The Morgan fingerprint density at radius 3 is 2.85 bits per heavy atom. The van der Waals surface area contributed by atoms with E-state index in [-0.39, 0.29) is 0 Å². The van der Waals surface area contributed by atoms with Crippen LogP contribution in [0.2, 0.25) is 5.02 Å². The van der Waals surface area contributed by atoms with Crippen LogP contribution in [0, 0.1) is 0 Å². The van der Waals surface area contributed by atoms with E-state index in [1.54, 1.807) is 24.7 Å². The zero-order chi connectivity index (χ0) is 19.0. The van der Waals surface area contributed by atoms with Crippen LogP contribution in [0.25, 0.3) is 23.0 Å². The van der Waals surface area contributed by atoms with Crippen LogP contribution < -0.4 is 0 Å². The number of aryl methyl sites for hydroxylation is 1. The smallest absolute Gasteiger partial charge is 0.258 e. The number of rotatable bonds is 5. The maximum Gasteiger partial charge on any atom is 0.258 e. The maximum atomic E-state index is 6.03. The van der Waals surface area contributed by atoms with Crippen molar-refractivity contribution < 1.29 is 4.52 Å². The molecule has 4 aromatic rings. The van der Waals surface area contributed by atoms with Crippen LogP contribution in [0.1, 0.15) is 23.8 Å². The van der Waals surface area contributed by atoms with E-state index >= 15 is 0 Å². The molecule has 1 atom stereocenters. The van der Waals surface area contributed by atoms with Crippen molar-refractivity contribution >= 4 is 24.2 Å². The minimum absolute atomic E-state index is 0.376. The molecule has 27 heavy (non-hydrogen) atoms. The topological polar surface area (TPSA) is 87.5 Å². The fraction of sp³-hybridized carbons (Fsp3) is 0.235. The molecule has 3 aromatic heterocycles. The lowest BCUT2D eigenvalue weighted by Gasteiger charge is -2.10. The van der Waals surface area contributed by atoms with Gasteiger partial charge in [-0.3, -0.25) is 0 Å². The van der Waals surface area contributed by atoms with Crippen molar-refractivity contribution in [2.75, 3.05) is 0 Å². The molecule has 0 saturated heterocycles. The molecule has 0 aliphatic heterocycles. The van der Waals surface area contributed by atoms with Crippen LogP contribution >= 0.6 is 24.2 Å². The number of hydrogen-bond acceptors (Lipinski definition) is 7. The van der Waals surface area contributed by atoms with Crippen molar-refractivity contribution in [3.63, 3.8) is 0 Å². The van der Waals surface area contributed by atoms with Gasteiger partial charge in [-0.25, -0.2) is 4.98 Å². The van der Waals surface area contributed by atoms with Crippen LogP contribution in [0.5, 0.6) is 0 Å². The van der Waals surface area contributed by atoms with Gasteiger partial charge in [-0.2, -0.15) is 17.6 Å². The molecule has 4 rings (SSSR count). The third-order valence-electron chi connectivity index (χ3n) is 4.14. The summed E-state index contributed by atoms with van der Waals surface area (Å²) in [4.78, 5) is 8.59. The van der Waals surface area contributed by atoms with Crippen molar-refractivity contribution in [2.45, 2.75) is 18.7 Å². The highest BCUT2D eigenvalue weighted by atomic mass is 35.5. The average Bonchev–Trinajstić information content (AvgIpc) is 3.39. The summed E-state index contributed by atoms with van der Waals surface area (Å²) in [6.07, 6.45) is 3.47. The first kappa shape index (κ1) is 17.7. The van der Waals surface area contributed by atoms with Gasteiger partial charge >= 0.3 is 0 Å². The molecule has 0 spiro atoms. The number of hydrogen-bond donors (Lipinski definition) is 1.